The number of rotatable bonds is 5. The van der Waals surface area contributed by atoms with Crippen molar-refractivity contribution in [2.24, 2.45) is 0 Å². The highest BCUT2D eigenvalue weighted by Gasteiger charge is 2.11. The van der Waals surface area contributed by atoms with Crippen molar-refractivity contribution in [3.05, 3.63) is 59.4 Å². The Bertz CT molecular complexity index is 833. The van der Waals surface area contributed by atoms with Gasteiger partial charge in [0.2, 0.25) is 0 Å². The van der Waals surface area contributed by atoms with E-state index in [9.17, 15) is 17.6 Å². The Morgan fingerprint density at radius 3 is 2.42 bits per heavy atom. The van der Waals surface area contributed by atoms with Crippen LogP contribution < -0.4 is 10.6 Å². The Labute approximate surface area is 140 Å². The fourth-order valence-electron chi connectivity index (χ4n) is 2.10. The van der Waals surface area contributed by atoms with Crippen LogP contribution in [-0.4, -0.2) is 27.2 Å². The van der Waals surface area contributed by atoms with Crippen molar-refractivity contribution >= 4 is 21.6 Å². The molecule has 0 saturated carbocycles. The minimum absolute atomic E-state index is 0.148. The zero-order chi connectivity index (χ0) is 17.7. The highest BCUT2D eigenvalue weighted by atomic mass is 32.2. The molecular formula is C17H19FN2O3S. The fourth-order valence-corrected chi connectivity index (χ4v) is 2.75. The van der Waals surface area contributed by atoms with E-state index < -0.39 is 15.9 Å². The van der Waals surface area contributed by atoms with Gasteiger partial charge in [0.05, 0.1) is 4.90 Å². The molecule has 0 bridgehead atoms. The first-order valence-electron chi connectivity index (χ1n) is 7.36. The number of urea groups is 1. The minimum atomic E-state index is -3.34. The zero-order valence-corrected chi connectivity index (χ0v) is 14.3. The smallest absolute Gasteiger partial charge is 0.319 e. The first-order chi connectivity index (χ1) is 11.3. The number of carbonyl (C=O) groups excluding carboxylic acids is 1. The van der Waals surface area contributed by atoms with E-state index in [1.807, 2.05) is 0 Å². The lowest BCUT2D eigenvalue weighted by Crippen LogP contribution is -2.30. The number of hydrogen-bond acceptors (Lipinski definition) is 3. The van der Waals surface area contributed by atoms with Crippen molar-refractivity contribution < 1.29 is 17.6 Å². The molecule has 0 aliphatic heterocycles. The maximum Gasteiger partial charge on any atom is 0.319 e. The van der Waals surface area contributed by atoms with E-state index in [1.165, 1.54) is 24.3 Å². The van der Waals surface area contributed by atoms with Gasteiger partial charge in [-0.3, -0.25) is 0 Å². The summed E-state index contributed by atoms with van der Waals surface area (Å²) in [6.45, 7) is 2.16. The van der Waals surface area contributed by atoms with E-state index in [0.717, 1.165) is 17.4 Å². The summed E-state index contributed by atoms with van der Waals surface area (Å²) in [7, 11) is -3.34. The van der Waals surface area contributed by atoms with Crippen molar-refractivity contribution in [2.45, 2.75) is 18.2 Å². The normalized spacial score (nSPS) is 11.1. The number of carbonyl (C=O) groups is 1. The average molecular weight is 350 g/mol. The third-order valence-corrected chi connectivity index (χ3v) is 4.61. The molecule has 0 atom stereocenters. The van der Waals surface area contributed by atoms with Crippen LogP contribution in [-0.2, 0) is 16.3 Å². The molecule has 0 fully saturated rings. The Hall–Kier alpha value is -2.41. The lowest BCUT2D eigenvalue weighted by atomic mass is 10.1. The molecule has 2 N–H and O–H groups in total. The molecule has 0 aliphatic carbocycles. The van der Waals surface area contributed by atoms with Gasteiger partial charge >= 0.3 is 6.03 Å². The second kappa shape index (κ2) is 7.44. The largest absolute Gasteiger partial charge is 0.338 e. The Morgan fingerprint density at radius 2 is 1.79 bits per heavy atom. The van der Waals surface area contributed by atoms with Gasteiger partial charge in [-0.2, -0.15) is 0 Å². The van der Waals surface area contributed by atoms with Gasteiger partial charge in [-0.25, -0.2) is 17.6 Å². The van der Waals surface area contributed by atoms with Crippen LogP contribution >= 0.6 is 0 Å². The monoisotopic (exact) mass is 350 g/mol. The van der Waals surface area contributed by atoms with Crippen molar-refractivity contribution in [3.8, 4) is 0 Å². The number of halogens is 1. The quantitative estimate of drug-likeness (QED) is 0.871. The first-order valence-corrected chi connectivity index (χ1v) is 9.25. The summed E-state index contributed by atoms with van der Waals surface area (Å²) in [6.07, 6.45) is 1.68. The molecular weight excluding hydrogens is 331 g/mol. The number of amides is 2. The predicted molar refractivity (Wildman–Crippen MR) is 91.4 cm³/mol. The summed E-state index contributed by atoms with van der Waals surface area (Å²) in [5, 5.41) is 5.33. The van der Waals surface area contributed by atoms with E-state index in [-0.39, 0.29) is 10.7 Å². The third-order valence-electron chi connectivity index (χ3n) is 3.50. The van der Waals surface area contributed by atoms with Crippen LogP contribution in [0.15, 0.2) is 47.4 Å². The van der Waals surface area contributed by atoms with E-state index in [0.29, 0.717) is 18.7 Å². The summed E-state index contributed by atoms with van der Waals surface area (Å²) in [6, 6.07) is 10.2. The number of aryl methyl sites for hydroxylation is 1. The molecule has 0 unspecified atom stereocenters. The Morgan fingerprint density at radius 1 is 1.12 bits per heavy atom. The number of benzene rings is 2. The molecule has 5 nitrogen and oxygen atoms in total. The maximum absolute atomic E-state index is 12.8. The zero-order valence-electron chi connectivity index (χ0n) is 13.5. The summed E-state index contributed by atoms with van der Waals surface area (Å²) in [4.78, 5) is 12.1. The molecule has 128 valence electrons. The van der Waals surface area contributed by atoms with E-state index in [2.05, 4.69) is 10.6 Å². The highest BCUT2D eigenvalue weighted by molar-refractivity contribution is 7.90. The van der Waals surface area contributed by atoms with E-state index in [1.54, 1.807) is 25.1 Å². The van der Waals surface area contributed by atoms with Gasteiger partial charge in [-0.15, -0.1) is 0 Å². The fraction of sp³-hybridized carbons (Fsp3) is 0.235. The first kappa shape index (κ1) is 17.9. The molecule has 0 saturated heterocycles. The maximum atomic E-state index is 12.8. The third kappa shape index (κ3) is 5.06. The summed E-state index contributed by atoms with van der Waals surface area (Å²) in [5.74, 6) is -0.300. The number of anilines is 1. The van der Waals surface area contributed by atoms with Crippen LogP contribution in [0, 0.1) is 12.7 Å². The van der Waals surface area contributed by atoms with Crippen LogP contribution in [0.1, 0.15) is 11.1 Å². The second-order valence-electron chi connectivity index (χ2n) is 5.51. The molecule has 2 rings (SSSR count). The van der Waals surface area contributed by atoms with E-state index in [4.69, 9.17) is 0 Å². The van der Waals surface area contributed by atoms with Crippen LogP contribution in [0.5, 0.6) is 0 Å². The SMILES string of the molecule is Cc1ccc(S(C)(=O)=O)cc1NC(=O)NCCc1ccc(F)cc1. The van der Waals surface area contributed by atoms with Gasteiger partial charge in [0.25, 0.3) is 0 Å². The molecule has 2 aromatic rings. The van der Waals surface area contributed by atoms with Crippen LogP contribution in [0.4, 0.5) is 14.9 Å². The van der Waals surface area contributed by atoms with Gasteiger partial charge < -0.3 is 10.6 Å². The molecule has 0 spiro atoms. The molecule has 0 heterocycles. The molecule has 2 aromatic carbocycles. The predicted octanol–water partition coefficient (Wildman–Crippen LogP) is 2.90. The molecule has 24 heavy (non-hydrogen) atoms. The minimum Gasteiger partial charge on any atom is -0.338 e. The van der Waals surface area contributed by atoms with Gasteiger partial charge in [0, 0.05) is 18.5 Å². The lowest BCUT2D eigenvalue weighted by Gasteiger charge is -2.11. The number of hydrogen-bond donors (Lipinski definition) is 2. The van der Waals surface area contributed by atoms with Gasteiger partial charge in [0.15, 0.2) is 9.84 Å². The van der Waals surface area contributed by atoms with Crippen molar-refractivity contribution in [1.82, 2.24) is 5.32 Å². The highest BCUT2D eigenvalue weighted by Crippen LogP contribution is 2.20. The standard InChI is InChI=1S/C17H19FN2O3S/c1-12-3-8-15(24(2,22)23)11-16(12)20-17(21)19-10-9-13-4-6-14(18)7-5-13/h3-8,11H,9-10H2,1-2H3,(H2,19,20,21). The Balaban J connectivity index is 1.93. The lowest BCUT2D eigenvalue weighted by molar-refractivity contribution is 0.252. The number of sulfone groups is 1. The van der Waals surface area contributed by atoms with Crippen LogP contribution in [0.2, 0.25) is 0 Å². The molecule has 0 radical (unpaired) electrons. The van der Waals surface area contributed by atoms with E-state index >= 15 is 0 Å². The van der Waals surface area contributed by atoms with Crippen molar-refractivity contribution in [3.63, 3.8) is 0 Å². The summed E-state index contributed by atoms with van der Waals surface area (Å²) >= 11 is 0. The van der Waals surface area contributed by atoms with Crippen molar-refractivity contribution in [1.29, 1.82) is 0 Å². The van der Waals surface area contributed by atoms with Crippen LogP contribution in [0.25, 0.3) is 0 Å². The molecule has 0 aliphatic rings. The van der Waals surface area contributed by atoms with Gasteiger partial charge in [-0.1, -0.05) is 18.2 Å². The van der Waals surface area contributed by atoms with Gasteiger partial charge in [0.1, 0.15) is 5.82 Å². The second-order valence-corrected chi connectivity index (χ2v) is 7.52. The van der Waals surface area contributed by atoms with Gasteiger partial charge in [-0.05, 0) is 48.7 Å². The topological polar surface area (TPSA) is 75.3 Å². The Kier molecular flexibility index (Phi) is 5.56. The molecule has 0 aromatic heterocycles. The van der Waals surface area contributed by atoms with Crippen LogP contribution in [0.3, 0.4) is 0 Å². The summed E-state index contributed by atoms with van der Waals surface area (Å²) in [5.41, 5.74) is 2.11. The number of nitrogens with one attached hydrogen (secondary N) is 2. The molecule has 7 heteroatoms. The molecule has 2 amide bonds. The average Bonchev–Trinajstić information content (AvgIpc) is 2.50. The summed E-state index contributed by atoms with van der Waals surface area (Å²) < 4.78 is 36.0. The van der Waals surface area contributed by atoms with Crippen molar-refractivity contribution in [2.75, 3.05) is 18.1 Å².